The largest absolute Gasteiger partial charge is 0.511 e. The summed E-state index contributed by atoms with van der Waals surface area (Å²) in [5.74, 6) is -6.97. The number of rotatable bonds is 5. The number of fused-ring (bicyclic) bond motifs is 3. The highest BCUT2D eigenvalue weighted by Crippen LogP contribution is 2.52. The SMILES string of the molecule is NC(=O)C1=C(O)C[C@@H]2C[C@@H]3Cc4c(Nc5nc(-c6cccc([N+](=O)[O-])c6)cs5)ccc(O)c4C(=O)C3=C(O)[C@]2(O)C1=O. The number of nitrogens with zero attached hydrogens (tertiary/aromatic N) is 2. The van der Waals surface area contributed by atoms with Crippen LogP contribution in [-0.4, -0.2) is 53.4 Å². The second kappa shape index (κ2) is 9.49. The lowest BCUT2D eigenvalue weighted by atomic mass is 9.60. The van der Waals surface area contributed by atoms with Gasteiger partial charge in [0.15, 0.2) is 16.5 Å². The summed E-state index contributed by atoms with van der Waals surface area (Å²) in [5, 5.41) is 59.9. The van der Waals surface area contributed by atoms with Crippen molar-refractivity contribution >= 4 is 45.3 Å². The molecule has 0 spiro atoms. The number of Topliss-reactive ketones (excluding diaryl/α,β-unsaturated/α-hetero) is 2. The zero-order chi connectivity index (χ0) is 30.1. The number of carbonyl (C=O) groups excluding carboxylic acids is 3. The van der Waals surface area contributed by atoms with Crippen LogP contribution < -0.4 is 11.1 Å². The number of aliphatic hydroxyl groups is 3. The molecule has 3 atom stereocenters. The molecule has 0 saturated carbocycles. The van der Waals surface area contributed by atoms with Crippen LogP contribution in [0.5, 0.6) is 5.75 Å². The van der Waals surface area contributed by atoms with Gasteiger partial charge in [0.1, 0.15) is 22.8 Å². The van der Waals surface area contributed by atoms with Gasteiger partial charge in [-0.15, -0.1) is 11.3 Å². The van der Waals surface area contributed by atoms with Gasteiger partial charge < -0.3 is 31.5 Å². The third-order valence-corrected chi connectivity index (χ3v) is 8.80. The van der Waals surface area contributed by atoms with Gasteiger partial charge in [-0.3, -0.25) is 24.5 Å². The van der Waals surface area contributed by atoms with Crippen LogP contribution in [0, 0.1) is 22.0 Å². The zero-order valence-electron chi connectivity index (χ0n) is 21.5. The lowest BCUT2D eigenvalue weighted by molar-refractivity contribution is -0.384. The van der Waals surface area contributed by atoms with E-state index in [-0.39, 0.29) is 41.8 Å². The van der Waals surface area contributed by atoms with Gasteiger partial charge in [0.05, 0.1) is 16.2 Å². The van der Waals surface area contributed by atoms with E-state index in [0.717, 1.165) is 0 Å². The van der Waals surface area contributed by atoms with Gasteiger partial charge in [0.25, 0.3) is 11.6 Å². The van der Waals surface area contributed by atoms with Crippen molar-refractivity contribution in [1.82, 2.24) is 4.98 Å². The number of hydrogen-bond donors (Lipinski definition) is 6. The Bertz CT molecular complexity index is 1810. The minimum absolute atomic E-state index is 0.00615. The van der Waals surface area contributed by atoms with Gasteiger partial charge in [0, 0.05) is 46.7 Å². The highest BCUT2D eigenvalue weighted by atomic mass is 32.1. The molecule has 3 aliphatic carbocycles. The average Bonchev–Trinajstić information content (AvgIpc) is 3.41. The summed E-state index contributed by atoms with van der Waals surface area (Å²) in [6.07, 6.45) is -0.194. The van der Waals surface area contributed by atoms with E-state index in [4.69, 9.17) is 5.73 Å². The van der Waals surface area contributed by atoms with Crippen LogP contribution in [0.1, 0.15) is 28.8 Å². The monoisotopic (exact) mass is 590 g/mol. The van der Waals surface area contributed by atoms with Crippen molar-refractivity contribution in [1.29, 1.82) is 0 Å². The summed E-state index contributed by atoms with van der Waals surface area (Å²) in [6.45, 7) is 0. The number of amides is 1. The minimum Gasteiger partial charge on any atom is -0.511 e. The molecule has 0 aliphatic heterocycles. The predicted molar refractivity (Wildman–Crippen MR) is 148 cm³/mol. The number of ketones is 2. The molecule has 14 heteroatoms. The van der Waals surface area contributed by atoms with Crippen LogP contribution >= 0.6 is 11.3 Å². The average molecular weight is 591 g/mol. The molecule has 0 fully saturated rings. The number of phenolic OH excluding ortho intramolecular Hbond substituents is 1. The van der Waals surface area contributed by atoms with Crippen LogP contribution in [-0.2, 0) is 16.0 Å². The number of nitrogens with one attached hydrogen (secondary N) is 1. The molecule has 0 unspecified atom stereocenters. The molecule has 42 heavy (non-hydrogen) atoms. The number of aliphatic hydroxyl groups excluding tert-OH is 2. The highest BCUT2D eigenvalue weighted by molar-refractivity contribution is 7.14. The third kappa shape index (κ3) is 3.94. The molecular formula is C28H22N4O9S. The van der Waals surface area contributed by atoms with Crippen molar-refractivity contribution in [3.63, 3.8) is 0 Å². The van der Waals surface area contributed by atoms with Crippen molar-refractivity contribution in [2.75, 3.05) is 5.32 Å². The van der Waals surface area contributed by atoms with Gasteiger partial charge in [-0.2, -0.15) is 0 Å². The normalized spacial score (nSPS) is 23.3. The van der Waals surface area contributed by atoms with E-state index in [1.165, 1.54) is 29.5 Å². The number of nitrogens with two attached hydrogens (primary N) is 1. The molecule has 6 rings (SSSR count). The molecule has 3 aliphatic rings. The quantitative estimate of drug-likeness (QED) is 0.109. The molecule has 0 radical (unpaired) electrons. The first-order valence-electron chi connectivity index (χ1n) is 12.7. The Labute approximate surface area is 240 Å². The van der Waals surface area contributed by atoms with Crippen molar-refractivity contribution in [3.8, 4) is 17.0 Å². The first-order chi connectivity index (χ1) is 19.9. The van der Waals surface area contributed by atoms with Crippen LogP contribution in [0.3, 0.4) is 0 Å². The number of benzene rings is 2. The molecule has 1 amide bonds. The minimum atomic E-state index is -2.63. The fourth-order valence-electron chi connectivity index (χ4n) is 6.09. The number of anilines is 2. The maximum atomic E-state index is 13.7. The van der Waals surface area contributed by atoms with Crippen LogP contribution in [0.15, 0.2) is 64.4 Å². The Kier molecular flexibility index (Phi) is 6.13. The van der Waals surface area contributed by atoms with E-state index in [9.17, 15) is 44.9 Å². The number of nitro benzene ring substituents is 1. The maximum absolute atomic E-state index is 13.7. The van der Waals surface area contributed by atoms with Gasteiger partial charge in [-0.1, -0.05) is 12.1 Å². The van der Waals surface area contributed by atoms with Crippen molar-refractivity contribution in [2.45, 2.75) is 24.9 Å². The van der Waals surface area contributed by atoms with E-state index >= 15 is 0 Å². The second-order valence-corrected chi connectivity index (χ2v) is 11.2. The van der Waals surface area contributed by atoms with Crippen molar-refractivity contribution < 1.29 is 39.7 Å². The number of carbonyl (C=O) groups is 3. The molecule has 214 valence electrons. The van der Waals surface area contributed by atoms with Gasteiger partial charge in [-0.25, -0.2) is 4.98 Å². The fourth-order valence-corrected chi connectivity index (χ4v) is 6.83. The Morgan fingerprint density at radius 3 is 2.64 bits per heavy atom. The van der Waals surface area contributed by atoms with Crippen LogP contribution in [0.25, 0.3) is 11.3 Å². The highest BCUT2D eigenvalue weighted by Gasteiger charge is 2.59. The van der Waals surface area contributed by atoms with Crippen LogP contribution in [0.4, 0.5) is 16.5 Å². The zero-order valence-corrected chi connectivity index (χ0v) is 22.3. The summed E-state index contributed by atoms with van der Waals surface area (Å²) in [4.78, 5) is 53.8. The summed E-state index contributed by atoms with van der Waals surface area (Å²) in [5.41, 5.74) is 3.17. The molecule has 3 aromatic rings. The van der Waals surface area contributed by atoms with Gasteiger partial charge >= 0.3 is 0 Å². The van der Waals surface area contributed by atoms with Crippen molar-refractivity contribution in [3.05, 3.63) is 85.7 Å². The number of thiazole rings is 1. The molecule has 7 N–H and O–H groups in total. The molecule has 1 heterocycles. The van der Waals surface area contributed by atoms with Crippen molar-refractivity contribution in [2.24, 2.45) is 17.6 Å². The number of aromatic hydroxyl groups is 1. The smallest absolute Gasteiger partial charge is 0.270 e. The fraction of sp³-hybridized carbons (Fsp3) is 0.214. The summed E-state index contributed by atoms with van der Waals surface area (Å²) in [7, 11) is 0. The molecule has 2 aromatic carbocycles. The lowest BCUT2D eigenvalue weighted by Crippen LogP contribution is -2.57. The van der Waals surface area contributed by atoms with Gasteiger partial charge in [-0.05, 0) is 36.5 Å². The summed E-state index contributed by atoms with van der Waals surface area (Å²) >= 11 is 1.22. The Morgan fingerprint density at radius 2 is 1.93 bits per heavy atom. The third-order valence-electron chi connectivity index (χ3n) is 8.04. The first-order valence-corrected chi connectivity index (χ1v) is 13.6. The predicted octanol–water partition coefficient (Wildman–Crippen LogP) is 3.36. The van der Waals surface area contributed by atoms with E-state index in [1.807, 2.05) is 0 Å². The molecule has 13 nitrogen and oxygen atoms in total. The number of phenols is 1. The second-order valence-electron chi connectivity index (χ2n) is 10.4. The maximum Gasteiger partial charge on any atom is 0.270 e. The van der Waals surface area contributed by atoms with E-state index < -0.39 is 56.9 Å². The Morgan fingerprint density at radius 1 is 1.17 bits per heavy atom. The first kappa shape index (κ1) is 27.1. The molecule has 0 bridgehead atoms. The standard InChI is InChI=1S/C28H22N4O9S/c29-26(38)22-19(34)9-13-6-12-8-15-16(30-27-31-17(10-42-27)11-2-1-3-14(7-11)32(40)41)4-5-18(33)21(15)23(35)20(12)24(36)28(13,39)25(22)37/h1-5,7,10,12-13,33-34,36,39H,6,8-9H2,(H2,29,38)(H,30,31)/t12-,13+,28+/m1/s1. The molecule has 1 aromatic heterocycles. The number of aromatic nitrogens is 1. The summed E-state index contributed by atoms with van der Waals surface area (Å²) < 4.78 is 0. The molecule has 0 saturated heterocycles. The number of primary amides is 1. The lowest BCUT2D eigenvalue weighted by Gasteiger charge is -2.45. The van der Waals surface area contributed by atoms with E-state index in [2.05, 4.69) is 10.3 Å². The Hall–Kier alpha value is -5.08. The summed E-state index contributed by atoms with van der Waals surface area (Å²) in [6, 6.07) is 8.86. The number of non-ortho nitro benzene ring substituents is 1. The Balaban J connectivity index is 1.37. The van der Waals surface area contributed by atoms with E-state index in [0.29, 0.717) is 27.6 Å². The number of allylic oxidation sites excluding steroid dienone is 2. The number of hydrogen-bond acceptors (Lipinski definition) is 12. The van der Waals surface area contributed by atoms with Gasteiger partial charge in [0.2, 0.25) is 5.78 Å². The topological polar surface area (TPSA) is 226 Å². The number of nitro groups is 1. The van der Waals surface area contributed by atoms with Crippen LogP contribution in [0.2, 0.25) is 0 Å². The van der Waals surface area contributed by atoms with E-state index in [1.54, 1.807) is 23.6 Å². The molecular weight excluding hydrogens is 568 g/mol.